The third-order valence-corrected chi connectivity index (χ3v) is 6.20. The maximum atomic E-state index is 15.0. The van der Waals surface area contributed by atoms with Gasteiger partial charge in [-0.3, -0.25) is 4.90 Å². The number of pyridine rings is 1. The first-order valence-corrected chi connectivity index (χ1v) is 9.23. The molecule has 0 amide bonds. The van der Waals surface area contributed by atoms with Crippen LogP contribution < -0.4 is 15.5 Å². The van der Waals surface area contributed by atoms with Crippen LogP contribution >= 0.6 is 22.9 Å². The van der Waals surface area contributed by atoms with Gasteiger partial charge in [-0.25, -0.2) is 16.9 Å². The molecule has 0 saturated carbocycles. The maximum absolute atomic E-state index is 15.0. The Hall–Kier alpha value is -1.49. The fraction of sp³-hybridized carbons (Fsp3) is 0.562. The number of hydrogen-bond donors (Lipinski definition) is 0. The lowest BCUT2D eigenvalue weighted by Crippen LogP contribution is -2.59. The van der Waals surface area contributed by atoms with Gasteiger partial charge in [-0.05, 0) is 20.9 Å². The Balaban J connectivity index is 2.09. The Morgan fingerprint density at radius 3 is 2.64 bits per heavy atom. The highest BCUT2D eigenvalue weighted by atomic mass is 127. The maximum Gasteiger partial charge on any atom is 0.360 e. The number of aromatic nitrogens is 3. The van der Waals surface area contributed by atoms with Gasteiger partial charge in [0.1, 0.15) is 5.82 Å². The van der Waals surface area contributed by atoms with Crippen molar-refractivity contribution in [2.75, 3.05) is 43.5 Å². The van der Waals surface area contributed by atoms with Gasteiger partial charge in [-0.1, -0.05) is 0 Å². The number of fused-ring (bicyclic) bond motifs is 2. The third kappa shape index (κ3) is 2.42. The molecular weight excluding hydrogens is 438 g/mol. The van der Waals surface area contributed by atoms with Gasteiger partial charge < -0.3 is 9.80 Å². The monoisotopic (exact) mass is 458 g/mol. The molecule has 9 heteroatoms. The summed E-state index contributed by atoms with van der Waals surface area (Å²) in [5.41, 5.74) is 0.882. The summed E-state index contributed by atoms with van der Waals surface area (Å²) in [5.74, 6) is 0.220. The molecule has 134 valence electrons. The van der Waals surface area contributed by atoms with Crippen LogP contribution in [0.1, 0.15) is 12.6 Å². The first-order chi connectivity index (χ1) is 11.8. The van der Waals surface area contributed by atoms with Crippen LogP contribution in [0.3, 0.4) is 0 Å². The summed E-state index contributed by atoms with van der Waals surface area (Å²) in [6, 6.07) is 0.462. The number of hydrogen-bond acceptors (Lipinski definition) is 6. The number of rotatable bonds is 0. The van der Waals surface area contributed by atoms with E-state index in [0.717, 1.165) is 13.1 Å². The summed E-state index contributed by atoms with van der Waals surface area (Å²) in [7, 11) is 3.99. The Labute approximate surface area is 158 Å². The van der Waals surface area contributed by atoms with E-state index < -0.39 is 0 Å². The number of likely N-dealkylation sites (N-methyl/N-ethyl adjacent to an activating group) is 2. The van der Waals surface area contributed by atoms with Gasteiger partial charge >= 0.3 is 5.69 Å². The topological polar surface area (TPSA) is 57.5 Å². The second-order valence-electron chi connectivity index (χ2n) is 7.03. The molecule has 2 aliphatic rings. The van der Waals surface area contributed by atoms with Gasteiger partial charge in [0.05, 0.1) is 45.7 Å². The molecule has 2 unspecified atom stereocenters. The molecule has 1 saturated heterocycles. The van der Waals surface area contributed by atoms with Crippen molar-refractivity contribution in [2.24, 2.45) is 0 Å². The molecule has 2 aromatic rings. The van der Waals surface area contributed by atoms with Crippen molar-refractivity contribution in [1.82, 2.24) is 17.6 Å². The highest BCUT2D eigenvalue weighted by Gasteiger charge is 2.37. The predicted molar refractivity (Wildman–Crippen MR) is 104 cm³/mol. The molecule has 0 N–H and O–H groups in total. The van der Waals surface area contributed by atoms with Crippen molar-refractivity contribution in [3.05, 3.63) is 22.0 Å². The minimum atomic E-state index is -0.373. The van der Waals surface area contributed by atoms with Crippen molar-refractivity contribution >= 4 is 45.4 Å². The lowest BCUT2D eigenvalue weighted by atomic mass is 10.1. The van der Waals surface area contributed by atoms with E-state index in [0.29, 0.717) is 40.8 Å². The van der Waals surface area contributed by atoms with Crippen LogP contribution in [0.2, 0.25) is 0 Å². The van der Waals surface area contributed by atoms with Crippen LogP contribution in [0.5, 0.6) is 0 Å². The second-order valence-corrected chi connectivity index (χ2v) is 8.00. The van der Waals surface area contributed by atoms with Crippen molar-refractivity contribution < 1.29 is 4.39 Å². The molecule has 2 aromatic heterocycles. The molecule has 2 atom stereocenters. The van der Waals surface area contributed by atoms with Crippen molar-refractivity contribution in [3.8, 4) is 0 Å². The van der Waals surface area contributed by atoms with Gasteiger partial charge in [0.25, 0.3) is 0 Å². The van der Waals surface area contributed by atoms with E-state index in [-0.39, 0.29) is 17.5 Å². The average molecular weight is 458 g/mol. The summed E-state index contributed by atoms with van der Waals surface area (Å²) in [4.78, 5) is 27.5. The molecule has 2 aliphatic heterocycles. The van der Waals surface area contributed by atoms with Gasteiger partial charge in [0, 0.05) is 32.7 Å². The summed E-state index contributed by atoms with van der Waals surface area (Å²) in [6.07, 6.45) is 0. The molecule has 4 heterocycles. The molecule has 0 aromatic carbocycles. The summed E-state index contributed by atoms with van der Waals surface area (Å²) >= 11 is 1.89. The number of nitrogens with zero attached hydrogens (tertiary/aromatic N) is 6. The van der Waals surface area contributed by atoms with E-state index in [1.165, 1.54) is 2.78 Å². The quantitative estimate of drug-likeness (QED) is 0.557. The molecule has 0 bridgehead atoms. The zero-order chi connectivity index (χ0) is 18.0. The number of halogens is 2. The summed E-state index contributed by atoms with van der Waals surface area (Å²) < 4.78 is 16.4. The zero-order valence-electron chi connectivity index (χ0n) is 14.6. The van der Waals surface area contributed by atoms with E-state index in [1.54, 1.807) is 6.92 Å². The lowest BCUT2D eigenvalue weighted by Gasteiger charge is -2.44. The molecule has 7 nitrogen and oxygen atoms in total. The fourth-order valence-corrected chi connectivity index (χ4v) is 4.31. The van der Waals surface area contributed by atoms with E-state index in [9.17, 15) is 9.18 Å². The van der Waals surface area contributed by atoms with E-state index >= 15 is 0 Å². The largest absolute Gasteiger partial charge is 0.369 e. The minimum Gasteiger partial charge on any atom is -0.369 e. The fourth-order valence-electron chi connectivity index (χ4n) is 3.85. The van der Waals surface area contributed by atoms with Crippen LogP contribution in [0.15, 0.2) is 4.79 Å². The minimum absolute atomic E-state index is 0.137. The van der Waals surface area contributed by atoms with Gasteiger partial charge in [-0.2, -0.15) is 4.98 Å². The normalized spacial score (nSPS) is 23.8. The van der Waals surface area contributed by atoms with Crippen molar-refractivity contribution in [1.29, 1.82) is 0 Å². The molecule has 25 heavy (non-hydrogen) atoms. The highest BCUT2D eigenvalue weighted by Crippen LogP contribution is 2.39. The zero-order valence-corrected chi connectivity index (χ0v) is 16.8. The lowest BCUT2D eigenvalue weighted by molar-refractivity contribution is 0.201. The Morgan fingerprint density at radius 2 is 1.92 bits per heavy atom. The molecule has 4 rings (SSSR count). The standard InChI is InChI=1S/C16H20FIN6O/c1-8-5-23-10(6-21(8)3)7-22(4)13-11-14(23)20-16(25)24(18)15(11)19-9(2)12(13)17/h8,10H,5-7H2,1-4H3. The summed E-state index contributed by atoms with van der Waals surface area (Å²) in [5, 5.41) is 0.624. The molecule has 0 spiro atoms. The number of aryl methyl sites for hydroxylation is 1. The van der Waals surface area contributed by atoms with Crippen LogP contribution in [0.25, 0.3) is 11.0 Å². The predicted octanol–water partition coefficient (Wildman–Crippen LogP) is 1.40. The SMILES string of the molecule is Cc1nc2c3c(nc(=O)n2I)N2CC(C)N(C)CC2CN(C)c3c1F. The van der Waals surface area contributed by atoms with E-state index in [4.69, 9.17) is 0 Å². The Bertz CT molecular complexity index is 931. The molecule has 0 radical (unpaired) electrons. The van der Waals surface area contributed by atoms with Crippen LogP contribution in [-0.2, 0) is 0 Å². The van der Waals surface area contributed by atoms with Crippen LogP contribution in [-0.4, -0.2) is 63.5 Å². The highest BCUT2D eigenvalue weighted by molar-refractivity contribution is 14.1. The van der Waals surface area contributed by atoms with E-state index in [2.05, 4.69) is 33.7 Å². The van der Waals surface area contributed by atoms with Gasteiger partial charge in [-0.15, -0.1) is 0 Å². The van der Waals surface area contributed by atoms with Crippen LogP contribution in [0.4, 0.5) is 15.9 Å². The van der Waals surface area contributed by atoms with Crippen molar-refractivity contribution in [3.63, 3.8) is 0 Å². The van der Waals surface area contributed by atoms with Crippen LogP contribution in [0, 0.1) is 12.7 Å². The number of anilines is 2. The first-order valence-electron chi connectivity index (χ1n) is 8.26. The summed E-state index contributed by atoms with van der Waals surface area (Å²) in [6.45, 7) is 6.03. The molecular formula is C16H20FIN6O. The number of piperazine rings is 1. The second kappa shape index (κ2) is 5.76. The molecule has 0 aliphatic carbocycles. The average Bonchev–Trinajstić information content (AvgIpc) is 2.66. The Morgan fingerprint density at radius 1 is 1.20 bits per heavy atom. The van der Waals surface area contributed by atoms with Gasteiger partial charge in [0.2, 0.25) is 0 Å². The smallest absolute Gasteiger partial charge is 0.360 e. The van der Waals surface area contributed by atoms with E-state index in [1.807, 2.05) is 34.8 Å². The molecule has 1 fully saturated rings. The first kappa shape index (κ1) is 17.0. The van der Waals surface area contributed by atoms with Crippen molar-refractivity contribution in [2.45, 2.75) is 25.9 Å². The third-order valence-electron chi connectivity index (χ3n) is 5.33. The Kier molecular flexibility index (Phi) is 3.91. The van der Waals surface area contributed by atoms with Gasteiger partial charge in [0.15, 0.2) is 11.5 Å².